The number of anilines is 1. The van der Waals surface area contributed by atoms with Crippen LogP contribution in [0.1, 0.15) is 39.0 Å². The van der Waals surface area contributed by atoms with Crippen molar-refractivity contribution in [3.63, 3.8) is 0 Å². The van der Waals surface area contributed by atoms with Gasteiger partial charge in [-0.25, -0.2) is 0 Å². The molecule has 0 unspecified atom stereocenters. The first kappa shape index (κ1) is 13.0. The fourth-order valence-electron chi connectivity index (χ4n) is 1.28. The van der Waals surface area contributed by atoms with Crippen LogP contribution < -0.4 is 10.5 Å². The molecule has 1 aromatic rings. The van der Waals surface area contributed by atoms with Crippen LogP contribution in [-0.2, 0) is 0 Å². The van der Waals surface area contributed by atoms with Crippen molar-refractivity contribution in [1.82, 2.24) is 15.0 Å². The molecule has 0 saturated heterocycles. The average Bonchev–Trinajstić information content (AvgIpc) is 2.22. The summed E-state index contributed by atoms with van der Waals surface area (Å²) in [5.74, 6) is 0.0842. The summed E-state index contributed by atoms with van der Waals surface area (Å²) in [5.41, 5.74) is 5.40. The zero-order valence-corrected chi connectivity index (χ0v) is 10.2. The number of hydrogen-bond acceptors (Lipinski definition) is 5. The van der Waals surface area contributed by atoms with Crippen molar-refractivity contribution in [3.8, 4) is 6.01 Å². The Labute approximate surface area is 100 Å². The van der Waals surface area contributed by atoms with Crippen molar-refractivity contribution in [3.05, 3.63) is 5.28 Å². The Morgan fingerprint density at radius 3 is 2.56 bits per heavy atom. The molecule has 0 saturated carbocycles. The fourth-order valence-corrected chi connectivity index (χ4v) is 1.44. The van der Waals surface area contributed by atoms with Gasteiger partial charge in [-0.1, -0.05) is 32.6 Å². The molecule has 0 bridgehead atoms. The summed E-state index contributed by atoms with van der Waals surface area (Å²) < 4.78 is 5.32. The van der Waals surface area contributed by atoms with Gasteiger partial charge in [-0.15, -0.1) is 0 Å². The topological polar surface area (TPSA) is 73.9 Å². The van der Waals surface area contributed by atoms with Gasteiger partial charge < -0.3 is 10.5 Å². The highest BCUT2D eigenvalue weighted by Gasteiger charge is 2.02. The number of nitrogens with two attached hydrogens (primary N) is 1. The van der Waals surface area contributed by atoms with Crippen LogP contribution >= 0.6 is 11.6 Å². The molecule has 5 nitrogen and oxygen atoms in total. The number of rotatable bonds is 7. The Hall–Kier alpha value is -1.10. The normalized spacial score (nSPS) is 10.4. The first-order chi connectivity index (χ1) is 7.72. The molecule has 6 heteroatoms. The summed E-state index contributed by atoms with van der Waals surface area (Å²) in [6, 6.07) is 0.202. The van der Waals surface area contributed by atoms with Crippen LogP contribution in [0.2, 0.25) is 5.28 Å². The lowest BCUT2D eigenvalue weighted by atomic mass is 10.2. The van der Waals surface area contributed by atoms with Gasteiger partial charge in [0.2, 0.25) is 11.2 Å². The van der Waals surface area contributed by atoms with E-state index in [0.29, 0.717) is 6.61 Å². The summed E-state index contributed by atoms with van der Waals surface area (Å²) in [6.45, 7) is 2.77. The number of nitrogen functional groups attached to an aromatic ring is 1. The smallest absolute Gasteiger partial charge is 0.322 e. The molecule has 2 N–H and O–H groups in total. The van der Waals surface area contributed by atoms with Crippen LogP contribution in [0.5, 0.6) is 6.01 Å². The van der Waals surface area contributed by atoms with Gasteiger partial charge in [0.15, 0.2) is 0 Å². The Balaban J connectivity index is 2.21. The highest BCUT2D eigenvalue weighted by atomic mass is 35.5. The van der Waals surface area contributed by atoms with E-state index in [9.17, 15) is 0 Å². The first-order valence-corrected chi connectivity index (χ1v) is 5.90. The summed E-state index contributed by atoms with van der Waals surface area (Å²) >= 11 is 5.61. The van der Waals surface area contributed by atoms with Gasteiger partial charge in [0.05, 0.1) is 6.61 Å². The van der Waals surface area contributed by atoms with E-state index in [1.54, 1.807) is 0 Å². The predicted molar refractivity (Wildman–Crippen MR) is 63.5 cm³/mol. The summed E-state index contributed by atoms with van der Waals surface area (Å²) in [6.07, 6.45) is 5.89. The number of ether oxygens (including phenoxy) is 1. The van der Waals surface area contributed by atoms with E-state index in [1.807, 2.05) is 0 Å². The molecule has 0 spiro atoms. The third kappa shape index (κ3) is 5.11. The number of nitrogens with zero attached hydrogens (tertiary/aromatic N) is 3. The third-order valence-electron chi connectivity index (χ3n) is 2.08. The number of halogens is 1. The van der Waals surface area contributed by atoms with Gasteiger partial charge in [-0.3, -0.25) is 0 Å². The van der Waals surface area contributed by atoms with Crippen molar-refractivity contribution < 1.29 is 4.74 Å². The zero-order chi connectivity index (χ0) is 11.8. The van der Waals surface area contributed by atoms with E-state index in [-0.39, 0.29) is 17.2 Å². The summed E-state index contributed by atoms with van der Waals surface area (Å²) in [4.78, 5) is 11.3. The van der Waals surface area contributed by atoms with E-state index in [0.717, 1.165) is 12.8 Å². The minimum absolute atomic E-state index is 0.0634. The Morgan fingerprint density at radius 2 is 1.88 bits per heavy atom. The maximum absolute atomic E-state index is 5.61. The van der Waals surface area contributed by atoms with Crippen LogP contribution in [-0.4, -0.2) is 21.6 Å². The maximum Gasteiger partial charge on any atom is 0.322 e. The molecule has 0 aliphatic rings. The van der Waals surface area contributed by atoms with E-state index in [4.69, 9.17) is 22.1 Å². The van der Waals surface area contributed by atoms with Gasteiger partial charge in [0, 0.05) is 0 Å². The highest BCUT2D eigenvalue weighted by molar-refractivity contribution is 6.28. The standard InChI is InChI=1S/C10H17ClN4O/c1-2-3-4-5-6-7-16-10-14-8(11)13-9(12)15-10/h2-7H2,1H3,(H2,12,13,14,15). The van der Waals surface area contributed by atoms with Gasteiger partial charge in [0.25, 0.3) is 0 Å². The summed E-state index contributed by atoms with van der Waals surface area (Å²) in [7, 11) is 0. The van der Waals surface area contributed by atoms with Gasteiger partial charge in [0.1, 0.15) is 0 Å². The molecule has 0 aromatic carbocycles. The Bertz CT molecular complexity index is 301. The van der Waals surface area contributed by atoms with E-state index < -0.39 is 0 Å². The highest BCUT2D eigenvalue weighted by Crippen LogP contribution is 2.10. The molecule has 16 heavy (non-hydrogen) atoms. The lowest BCUT2D eigenvalue weighted by Crippen LogP contribution is -2.05. The second-order valence-electron chi connectivity index (χ2n) is 3.51. The van der Waals surface area contributed by atoms with Crippen molar-refractivity contribution in [2.75, 3.05) is 12.3 Å². The minimum Gasteiger partial charge on any atom is -0.463 e. The third-order valence-corrected chi connectivity index (χ3v) is 2.25. The molecular weight excluding hydrogens is 228 g/mol. The Morgan fingerprint density at radius 1 is 1.12 bits per heavy atom. The van der Waals surface area contributed by atoms with Crippen LogP contribution in [0, 0.1) is 0 Å². The molecule has 90 valence electrons. The van der Waals surface area contributed by atoms with Crippen molar-refractivity contribution in [1.29, 1.82) is 0 Å². The van der Waals surface area contributed by atoms with Crippen LogP contribution in [0.3, 0.4) is 0 Å². The number of hydrogen-bond donors (Lipinski definition) is 1. The van der Waals surface area contributed by atoms with Gasteiger partial charge in [-0.05, 0) is 18.0 Å². The second-order valence-corrected chi connectivity index (χ2v) is 3.85. The largest absolute Gasteiger partial charge is 0.463 e. The molecule has 0 aliphatic heterocycles. The molecule has 0 aliphatic carbocycles. The minimum atomic E-state index is 0.0634. The van der Waals surface area contributed by atoms with Gasteiger partial charge in [-0.2, -0.15) is 15.0 Å². The molecule has 0 atom stereocenters. The lowest BCUT2D eigenvalue weighted by Gasteiger charge is -2.04. The van der Waals surface area contributed by atoms with Crippen LogP contribution in [0.15, 0.2) is 0 Å². The first-order valence-electron chi connectivity index (χ1n) is 5.52. The Kier molecular flexibility index (Phi) is 5.85. The molecule has 1 heterocycles. The van der Waals surface area contributed by atoms with Crippen molar-refractivity contribution >= 4 is 17.5 Å². The molecule has 0 radical (unpaired) electrons. The van der Waals surface area contributed by atoms with Gasteiger partial charge >= 0.3 is 6.01 Å². The van der Waals surface area contributed by atoms with Crippen molar-refractivity contribution in [2.24, 2.45) is 0 Å². The van der Waals surface area contributed by atoms with E-state index in [2.05, 4.69) is 21.9 Å². The fraction of sp³-hybridized carbons (Fsp3) is 0.700. The molecule has 0 amide bonds. The van der Waals surface area contributed by atoms with E-state index in [1.165, 1.54) is 19.3 Å². The quantitative estimate of drug-likeness (QED) is 0.746. The zero-order valence-electron chi connectivity index (χ0n) is 9.45. The van der Waals surface area contributed by atoms with Crippen LogP contribution in [0.4, 0.5) is 5.95 Å². The van der Waals surface area contributed by atoms with Crippen molar-refractivity contribution in [2.45, 2.75) is 39.0 Å². The maximum atomic E-state index is 5.61. The monoisotopic (exact) mass is 244 g/mol. The van der Waals surface area contributed by atoms with Crippen LogP contribution in [0.25, 0.3) is 0 Å². The average molecular weight is 245 g/mol. The molecule has 1 aromatic heterocycles. The second kappa shape index (κ2) is 7.22. The number of unbranched alkanes of at least 4 members (excludes halogenated alkanes) is 4. The lowest BCUT2D eigenvalue weighted by molar-refractivity contribution is 0.281. The SMILES string of the molecule is CCCCCCCOc1nc(N)nc(Cl)n1. The summed E-state index contributed by atoms with van der Waals surface area (Å²) in [5, 5.41) is 0.0634. The predicted octanol–water partition coefficient (Wildman–Crippen LogP) is 2.46. The molecule has 1 rings (SSSR count). The molecule has 0 fully saturated rings. The van der Waals surface area contributed by atoms with E-state index >= 15 is 0 Å². The number of aromatic nitrogens is 3. The molecular formula is C10H17ClN4O.